The van der Waals surface area contributed by atoms with Crippen molar-refractivity contribution in [3.05, 3.63) is 54.0 Å². The van der Waals surface area contributed by atoms with E-state index in [1.165, 1.54) is 0 Å². The van der Waals surface area contributed by atoms with Gasteiger partial charge in [0.25, 0.3) is 0 Å². The van der Waals surface area contributed by atoms with Gasteiger partial charge in [0.05, 0.1) is 12.8 Å². The molecule has 0 fully saturated rings. The highest BCUT2D eigenvalue weighted by molar-refractivity contribution is 5.79. The van der Waals surface area contributed by atoms with Crippen LogP contribution in [0.3, 0.4) is 0 Å². The predicted octanol–water partition coefficient (Wildman–Crippen LogP) is 2.89. The summed E-state index contributed by atoms with van der Waals surface area (Å²) in [5.41, 5.74) is 1.14. The molecule has 0 aliphatic heterocycles. The summed E-state index contributed by atoms with van der Waals surface area (Å²) in [5.74, 6) is 3.75. The van der Waals surface area contributed by atoms with Crippen molar-refractivity contribution >= 4 is 5.96 Å². The van der Waals surface area contributed by atoms with Gasteiger partial charge in [-0.1, -0.05) is 18.2 Å². The Kier molecular flexibility index (Phi) is 7.27. The van der Waals surface area contributed by atoms with Crippen molar-refractivity contribution in [1.82, 2.24) is 25.4 Å². The maximum atomic E-state index is 5.89. The van der Waals surface area contributed by atoms with Crippen molar-refractivity contribution in [1.29, 1.82) is 0 Å². The SMILES string of the molecule is CCNC(=NCCc1nc(-c2ccco2)n[nH]1)N(C)CCOc1ccccc1C. The smallest absolute Gasteiger partial charge is 0.216 e. The van der Waals surface area contributed by atoms with E-state index < -0.39 is 0 Å². The highest BCUT2D eigenvalue weighted by Gasteiger charge is 2.09. The Labute approximate surface area is 171 Å². The van der Waals surface area contributed by atoms with Gasteiger partial charge in [0.2, 0.25) is 5.82 Å². The number of ether oxygens (including phenoxy) is 1. The number of aromatic amines is 1. The molecule has 154 valence electrons. The predicted molar refractivity (Wildman–Crippen MR) is 113 cm³/mol. The second kappa shape index (κ2) is 10.3. The summed E-state index contributed by atoms with van der Waals surface area (Å²) in [6.07, 6.45) is 2.27. The fourth-order valence-corrected chi connectivity index (χ4v) is 2.78. The number of aromatic nitrogens is 3. The van der Waals surface area contributed by atoms with E-state index in [9.17, 15) is 0 Å². The number of nitrogens with zero attached hydrogens (tertiary/aromatic N) is 4. The summed E-state index contributed by atoms with van der Waals surface area (Å²) in [7, 11) is 2.01. The van der Waals surface area contributed by atoms with Gasteiger partial charge >= 0.3 is 0 Å². The van der Waals surface area contributed by atoms with E-state index in [1.807, 2.05) is 50.4 Å². The summed E-state index contributed by atoms with van der Waals surface area (Å²) in [6.45, 7) is 6.81. The molecule has 0 aliphatic rings. The first-order valence-electron chi connectivity index (χ1n) is 9.80. The Balaban J connectivity index is 1.50. The van der Waals surface area contributed by atoms with Gasteiger partial charge in [0.1, 0.15) is 18.2 Å². The van der Waals surface area contributed by atoms with Crippen LogP contribution in [0.25, 0.3) is 11.6 Å². The molecule has 29 heavy (non-hydrogen) atoms. The fourth-order valence-electron chi connectivity index (χ4n) is 2.78. The first-order valence-corrected chi connectivity index (χ1v) is 9.80. The Hall–Kier alpha value is -3.29. The van der Waals surface area contributed by atoms with Gasteiger partial charge in [-0.25, -0.2) is 4.98 Å². The zero-order valence-corrected chi connectivity index (χ0v) is 17.2. The summed E-state index contributed by atoms with van der Waals surface area (Å²) in [6, 6.07) is 11.7. The minimum Gasteiger partial charge on any atom is -0.491 e. The summed E-state index contributed by atoms with van der Waals surface area (Å²) < 4.78 is 11.2. The molecular formula is C21H28N6O2. The van der Waals surface area contributed by atoms with Crippen LogP contribution in [0.4, 0.5) is 0 Å². The molecule has 8 heteroatoms. The minimum absolute atomic E-state index is 0.561. The number of aryl methyl sites for hydroxylation is 1. The zero-order valence-electron chi connectivity index (χ0n) is 17.2. The van der Waals surface area contributed by atoms with Crippen LogP contribution in [0.1, 0.15) is 18.3 Å². The van der Waals surface area contributed by atoms with E-state index in [-0.39, 0.29) is 0 Å². The van der Waals surface area contributed by atoms with Gasteiger partial charge in [0.15, 0.2) is 11.7 Å². The highest BCUT2D eigenvalue weighted by Crippen LogP contribution is 2.16. The molecule has 0 amide bonds. The number of guanidine groups is 1. The first-order chi connectivity index (χ1) is 14.2. The minimum atomic E-state index is 0.561. The first kappa shape index (κ1) is 20.4. The second-order valence-electron chi connectivity index (χ2n) is 6.60. The lowest BCUT2D eigenvalue weighted by atomic mass is 10.2. The number of aliphatic imine (C=N–C) groups is 1. The summed E-state index contributed by atoms with van der Waals surface area (Å²) in [5, 5.41) is 10.4. The lowest BCUT2D eigenvalue weighted by molar-refractivity contribution is 0.280. The van der Waals surface area contributed by atoms with Crippen molar-refractivity contribution in [3.8, 4) is 17.3 Å². The van der Waals surface area contributed by atoms with Crippen LogP contribution in [0, 0.1) is 6.92 Å². The number of benzene rings is 1. The van der Waals surface area contributed by atoms with Crippen LogP contribution < -0.4 is 10.1 Å². The summed E-state index contributed by atoms with van der Waals surface area (Å²) >= 11 is 0. The average molecular weight is 396 g/mol. The third-order valence-electron chi connectivity index (χ3n) is 4.36. The van der Waals surface area contributed by atoms with Crippen LogP contribution in [-0.2, 0) is 6.42 Å². The molecule has 3 aromatic rings. The fraction of sp³-hybridized carbons (Fsp3) is 0.381. The second-order valence-corrected chi connectivity index (χ2v) is 6.60. The third-order valence-corrected chi connectivity index (χ3v) is 4.36. The van der Waals surface area contributed by atoms with E-state index in [2.05, 4.69) is 37.3 Å². The van der Waals surface area contributed by atoms with Crippen molar-refractivity contribution in [3.63, 3.8) is 0 Å². The molecular weight excluding hydrogens is 368 g/mol. The highest BCUT2D eigenvalue weighted by atomic mass is 16.5. The normalized spacial score (nSPS) is 11.5. The van der Waals surface area contributed by atoms with Crippen LogP contribution in [0.2, 0.25) is 0 Å². The monoisotopic (exact) mass is 396 g/mol. The van der Waals surface area contributed by atoms with Crippen molar-refractivity contribution in [2.45, 2.75) is 20.3 Å². The zero-order chi connectivity index (χ0) is 20.5. The number of para-hydroxylation sites is 1. The molecule has 0 atom stereocenters. The standard InChI is InChI=1S/C21H28N6O2/c1-4-22-21(27(3)13-15-29-17-9-6-5-8-16(17)2)23-12-11-19-24-20(26-25-19)18-10-7-14-28-18/h5-10,14H,4,11-13,15H2,1-3H3,(H,22,23)(H,24,25,26). The molecule has 3 rings (SSSR count). The molecule has 8 nitrogen and oxygen atoms in total. The van der Waals surface area contributed by atoms with Crippen LogP contribution in [0.15, 0.2) is 52.1 Å². The van der Waals surface area contributed by atoms with Crippen molar-refractivity contribution < 1.29 is 9.15 Å². The maximum Gasteiger partial charge on any atom is 0.216 e. The lowest BCUT2D eigenvalue weighted by Crippen LogP contribution is -2.41. The molecule has 0 radical (unpaired) electrons. The topological polar surface area (TPSA) is 91.6 Å². The number of hydrogen-bond donors (Lipinski definition) is 2. The quantitative estimate of drug-likeness (QED) is 0.427. The van der Waals surface area contributed by atoms with Gasteiger partial charge in [0, 0.05) is 26.6 Å². The number of furan rings is 1. The molecule has 1 aromatic carbocycles. The number of likely N-dealkylation sites (N-methyl/N-ethyl adjacent to an activating group) is 1. The largest absolute Gasteiger partial charge is 0.491 e. The van der Waals surface area contributed by atoms with Gasteiger partial charge in [-0.2, -0.15) is 5.10 Å². The summed E-state index contributed by atoms with van der Waals surface area (Å²) in [4.78, 5) is 11.2. The van der Waals surface area contributed by atoms with Gasteiger partial charge < -0.3 is 19.4 Å². The number of hydrogen-bond acceptors (Lipinski definition) is 5. The number of H-pyrrole nitrogens is 1. The van der Waals surface area contributed by atoms with Gasteiger partial charge in [-0.05, 0) is 37.6 Å². The Bertz CT molecular complexity index is 904. The Morgan fingerprint density at radius 1 is 1.28 bits per heavy atom. The van der Waals surface area contributed by atoms with Crippen LogP contribution in [-0.4, -0.2) is 59.3 Å². The number of nitrogens with one attached hydrogen (secondary N) is 2. The Morgan fingerprint density at radius 2 is 2.14 bits per heavy atom. The molecule has 2 N–H and O–H groups in total. The molecule has 2 heterocycles. The third kappa shape index (κ3) is 5.84. The molecule has 0 spiro atoms. The van der Waals surface area contributed by atoms with E-state index in [0.29, 0.717) is 31.2 Å². The van der Waals surface area contributed by atoms with E-state index in [0.717, 1.165) is 36.2 Å². The van der Waals surface area contributed by atoms with Crippen LogP contribution in [0.5, 0.6) is 5.75 Å². The van der Waals surface area contributed by atoms with Crippen LogP contribution >= 0.6 is 0 Å². The molecule has 0 saturated heterocycles. The Morgan fingerprint density at radius 3 is 2.90 bits per heavy atom. The van der Waals surface area contributed by atoms with Crippen molar-refractivity contribution in [2.24, 2.45) is 4.99 Å². The maximum absolute atomic E-state index is 5.89. The molecule has 0 unspecified atom stereocenters. The van der Waals surface area contributed by atoms with Crippen molar-refractivity contribution in [2.75, 3.05) is 33.3 Å². The van der Waals surface area contributed by atoms with Gasteiger partial charge in [-0.3, -0.25) is 10.1 Å². The lowest BCUT2D eigenvalue weighted by Gasteiger charge is -2.22. The number of rotatable bonds is 9. The molecule has 0 saturated carbocycles. The van der Waals surface area contributed by atoms with E-state index in [4.69, 9.17) is 9.15 Å². The molecule has 0 bridgehead atoms. The average Bonchev–Trinajstić information content (AvgIpc) is 3.40. The van der Waals surface area contributed by atoms with Gasteiger partial charge in [-0.15, -0.1) is 0 Å². The van der Waals surface area contributed by atoms with E-state index >= 15 is 0 Å². The molecule has 0 aliphatic carbocycles. The molecule has 2 aromatic heterocycles. The van der Waals surface area contributed by atoms with E-state index in [1.54, 1.807) is 6.26 Å².